The average Bonchev–Trinajstić information content (AvgIpc) is 3.16. The zero-order valence-corrected chi connectivity index (χ0v) is 15.1. The number of hydrogen-bond donors (Lipinski definition) is 2. The lowest BCUT2D eigenvalue weighted by Crippen LogP contribution is -2.15. The van der Waals surface area contributed by atoms with Gasteiger partial charge in [0.1, 0.15) is 0 Å². The number of carbonyl (C=O) groups excluding carboxylic acids is 2. The fraction of sp³-hybridized carbons (Fsp3) is 0.158. The first kappa shape index (κ1) is 17.0. The summed E-state index contributed by atoms with van der Waals surface area (Å²) in [5, 5.41) is 6.76. The number of hydrogen-bond acceptors (Lipinski definition) is 4. The Kier molecular flexibility index (Phi) is 4.72. The van der Waals surface area contributed by atoms with E-state index in [-0.39, 0.29) is 11.8 Å². The van der Waals surface area contributed by atoms with Gasteiger partial charge in [0.15, 0.2) is 0 Å². The van der Waals surface area contributed by atoms with Gasteiger partial charge in [0.25, 0.3) is 5.91 Å². The van der Waals surface area contributed by atoms with E-state index >= 15 is 0 Å². The largest absolute Gasteiger partial charge is 0.370 e. The van der Waals surface area contributed by atoms with Gasteiger partial charge in [0.2, 0.25) is 5.91 Å². The number of carbonyl (C=O) groups is 2. The summed E-state index contributed by atoms with van der Waals surface area (Å²) in [6.45, 7) is 1.47. The third-order valence-electron chi connectivity index (χ3n) is 3.68. The molecule has 2 aromatic rings. The van der Waals surface area contributed by atoms with Crippen LogP contribution in [0.3, 0.4) is 0 Å². The van der Waals surface area contributed by atoms with Crippen molar-refractivity contribution in [3.8, 4) is 0 Å². The highest BCUT2D eigenvalue weighted by molar-refractivity contribution is 7.16. The number of amides is 2. The number of benzene rings is 1. The van der Waals surface area contributed by atoms with Gasteiger partial charge in [-0.2, -0.15) is 0 Å². The van der Waals surface area contributed by atoms with E-state index in [1.54, 1.807) is 11.3 Å². The second kappa shape index (κ2) is 6.94. The van der Waals surface area contributed by atoms with Gasteiger partial charge >= 0.3 is 0 Å². The zero-order valence-electron chi connectivity index (χ0n) is 14.3. The Morgan fingerprint density at radius 3 is 2.48 bits per heavy atom. The van der Waals surface area contributed by atoms with Crippen LogP contribution >= 0.6 is 11.3 Å². The normalized spacial score (nSPS) is 15.1. The SMILES string of the molecule is CC(=O)Nc1ccc(C2=CC(=Cc3ccc(N(C)C)s3)C(=O)N2)cc1. The van der Waals surface area contributed by atoms with E-state index in [1.807, 2.05) is 67.5 Å². The maximum Gasteiger partial charge on any atom is 0.255 e. The highest BCUT2D eigenvalue weighted by Crippen LogP contribution is 2.28. The smallest absolute Gasteiger partial charge is 0.255 e. The van der Waals surface area contributed by atoms with Crippen molar-refractivity contribution in [2.24, 2.45) is 0 Å². The molecule has 0 saturated heterocycles. The van der Waals surface area contributed by atoms with E-state index in [2.05, 4.69) is 10.6 Å². The van der Waals surface area contributed by atoms with Crippen LogP contribution in [0.15, 0.2) is 48.0 Å². The van der Waals surface area contributed by atoms with Crippen molar-refractivity contribution in [1.82, 2.24) is 5.32 Å². The molecular weight excluding hydrogens is 334 g/mol. The van der Waals surface area contributed by atoms with Gasteiger partial charge in [0, 0.05) is 42.9 Å². The minimum atomic E-state index is -0.112. The molecule has 2 amide bonds. The van der Waals surface area contributed by atoms with Crippen molar-refractivity contribution in [1.29, 1.82) is 0 Å². The summed E-state index contributed by atoms with van der Waals surface area (Å²) >= 11 is 1.63. The van der Waals surface area contributed by atoms with Crippen LogP contribution in [0.4, 0.5) is 10.7 Å². The monoisotopic (exact) mass is 353 g/mol. The molecule has 1 aromatic carbocycles. The van der Waals surface area contributed by atoms with Crippen molar-refractivity contribution in [2.75, 3.05) is 24.3 Å². The average molecular weight is 353 g/mol. The molecule has 3 rings (SSSR count). The maximum atomic E-state index is 12.2. The van der Waals surface area contributed by atoms with Gasteiger partial charge in [-0.15, -0.1) is 11.3 Å². The lowest BCUT2D eigenvalue weighted by atomic mass is 10.1. The first-order valence-corrected chi connectivity index (χ1v) is 8.64. The second-order valence-electron chi connectivity index (χ2n) is 5.94. The molecule has 2 N–H and O–H groups in total. The molecule has 0 bridgehead atoms. The minimum absolute atomic E-state index is 0.110. The molecule has 2 heterocycles. The highest BCUT2D eigenvalue weighted by Gasteiger charge is 2.19. The van der Waals surface area contributed by atoms with E-state index in [9.17, 15) is 9.59 Å². The summed E-state index contributed by atoms with van der Waals surface area (Å²) in [4.78, 5) is 26.4. The molecule has 0 aliphatic carbocycles. The van der Waals surface area contributed by atoms with E-state index < -0.39 is 0 Å². The van der Waals surface area contributed by atoms with E-state index in [0.717, 1.165) is 26.8 Å². The molecule has 128 valence electrons. The predicted octanol–water partition coefficient (Wildman–Crippen LogP) is 3.33. The molecule has 1 aliphatic heterocycles. The van der Waals surface area contributed by atoms with Crippen LogP contribution in [0.25, 0.3) is 11.8 Å². The molecule has 1 aromatic heterocycles. The molecule has 1 aliphatic rings. The number of thiophene rings is 1. The van der Waals surface area contributed by atoms with Crippen LogP contribution < -0.4 is 15.5 Å². The molecule has 6 heteroatoms. The van der Waals surface area contributed by atoms with Crippen molar-refractivity contribution < 1.29 is 9.59 Å². The van der Waals surface area contributed by atoms with Gasteiger partial charge in [-0.3, -0.25) is 9.59 Å². The van der Waals surface area contributed by atoms with Crippen LogP contribution in [0.1, 0.15) is 17.4 Å². The fourth-order valence-corrected chi connectivity index (χ4v) is 3.35. The summed E-state index contributed by atoms with van der Waals surface area (Å²) in [7, 11) is 3.99. The van der Waals surface area contributed by atoms with E-state index in [0.29, 0.717) is 5.57 Å². The Bertz CT molecular complexity index is 876. The number of rotatable bonds is 4. The standard InChI is InChI=1S/C19H19N3O2S/c1-12(23)20-15-6-4-13(5-7-15)17-11-14(19(24)21-17)10-16-8-9-18(25-16)22(2)3/h4-11H,1-3H3,(H,20,23)(H,21,24). The van der Waals surface area contributed by atoms with Crippen molar-refractivity contribution >= 4 is 45.6 Å². The Labute approximate surface area is 150 Å². The second-order valence-corrected chi connectivity index (χ2v) is 7.03. The van der Waals surface area contributed by atoms with Crippen LogP contribution in [0, 0.1) is 0 Å². The molecule has 0 spiro atoms. The summed E-state index contributed by atoms with van der Waals surface area (Å²) < 4.78 is 0. The number of anilines is 2. The van der Waals surface area contributed by atoms with Gasteiger partial charge in [-0.1, -0.05) is 12.1 Å². The Morgan fingerprint density at radius 2 is 1.88 bits per heavy atom. The van der Waals surface area contributed by atoms with Crippen LogP contribution in [-0.2, 0) is 9.59 Å². The zero-order chi connectivity index (χ0) is 18.0. The van der Waals surface area contributed by atoms with Crippen LogP contribution in [0.5, 0.6) is 0 Å². The lowest BCUT2D eigenvalue weighted by Gasteiger charge is -2.06. The number of nitrogens with one attached hydrogen (secondary N) is 2. The molecule has 0 radical (unpaired) electrons. The van der Waals surface area contributed by atoms with Crippen molar-refractivity contribution in [2.45, 2.75) is 6.92 Å². The lowest BCUT2D eigenvalue weighted by molar-refractivity contribution is -0.116. The van der Waals surface area contributed by atoms with Gasteiger partial charge in [-0.05, 0) is 42.0 Å². The van der Waals surface area contributed by atoms with Crippen molar-refractivity contribution in [3.05, 3.63) is 58.5 Å². The molecule has 0 fully saturated rings. The van der Waals surface area contributed by atoms with Gasteiger partial charge in [-0.25, -0.2) is 0 Å². The molecular formula is C19H19N3O2S. The quantitative estimate of drug-likeness (QED) is 0.829. The van der Waals surface area contributed by atoms with E-state index in [4.69, 9.17) is 0 Å². The first-order valence-electron chi connectivity index (χ1n) is 7.82. The summed E-state index contributed by atoms with van der Waals surface area (Å²) in [6, 6.07) is 11.4. The minimum Gasteiger partial charge on any atom is -0.370 e. The van der Waals surface area contributed by atoms with Gasteiger partial charge in [0.05, 0.1) is 5.00 Å². The Morgan fingerprint density at radius 1 is 1.16 bits per heavy atom. The highest BCUT2D eigenvalue weighted by atomic mass is 32.1. The third-order valence-corrected chi connectivity index (χ3v) is 4.88. The fourth-order valence-electron chi connectivity index (χ4n) is 2.46. The summed E-state index contributed by atoms with van der Waals surface area (Å²) in [6.07, 6.45) is 3.75. The van der Waals surface area contributed by atoms with Crippen LogP contribution in [0.2, 0.25) is 0 Å². The third kappa shape index (κ3) is 3.97. The Balaban J connectivity index is 1.81. The summed E-state index contributed by atoms with van der Waals surface area (Å²) in [5.74, 6) is -0.222. The molecule has 0 saturated carbocycles. The number of nitrogens with zero attached hydrogens (tertiary/aromatic N) is 1. The first-order chi connectivity index (χ1) is 11.9. The molecule has 0 atom stereocenters. The van der Waals surface area contributed by atoms with Gasteiger partial charge < -0.3 is 15.5 Å². The van der Waals surface area contributed by atoms with Crippen LogP contribution in [-0.4, -0.2) is 25.9 Å². The van der Waals surface area contributed by atoms with E-state index in [1.165, 1.54) is 6.92 Å². The summed E-state index contributed by atoms with van der Waals surface area (Å²) in [5.41, 5.74) is 3.01. The topological polar surface area (TPSA) is 61.4 Å². The molecule has 0 unspecified atom stereocenters. The predicted molar refractivity (Wildman–Crippen MR) is 103 cm³/mol. The molecule has 25 heavy (non-hydrogen) atoms. The Hall–Kier alpha value is -2.86. The maximum absolute atomic E-state index is 12.2. The molecule has 5 nitrogen and oxygen atoms in total. The van der Waals surface area contributed by atoms with Crippen molar-refractivity contribution in [3.63, 3.8) is 0 Å².